The highest BCUT2D eigenvalue weighted by atomic mass is 16.3. The second-order valence-corrected chi connectivity index (χ2v) is 5.62. The smallest absolute Gasteiger partial charge is 0.287 e. The highest BCUT2D eigenvalue weighted by Crippen LogP contribution is 2.27. The molecule has 0 radical (unpaired) electrons. The van der Waals surface area contributed by atoms with Crippen LogP contribution in [0.4, 0.5) is 0 Å². The molecule has 1 amide bonds. The van der Waals surface area contributed by atoms with Crippen molar-refractivity contribution in [3.05, 3.63) is 70.5 Å². The molecule has 2 aromatic carbocycles. The molecule has 0 atom stereocenters. The molecule has 0 spiro atoms. The summed E-state index contributed by atoms with van der Waals surface area (Å²) >= 11 is 0. The van der Waals surface area contributed by atoms with E-state index in [2.05, 4.69) is 5.32 Å². The summed E-state index contributed by atoms with van der Waals surface area (Å²) in [5.74, 6) is 0.231. The van der Waals surface area contributed by atoms with Crippen LogP contribution in [0.25, 0.3) is 11.0 Å². The zero-order valence-electron chi connectivity index (χ0n) is 13.1. The number of para-hydroxylation sites is 1. The van der Waals surface area contributed by atoms with Crippen molar-refractivity contribution in [3.8, 4) is 0 Å². The number of fused-ring (bicyclic) bond motifs is 1. The Balaban J connectivity index is 1.85. The normalized spacial score (nSPS) is 10.9. The maximum Gasteiger partial charge on any atom is 0.287 e. The monoisotopic (exact) mass is 293 g/mol. The minimum atomic E-state index is -0.170. The van der Waals surface area contributed by atoms with E-state index in [9.17, 15) is 4.79 Å². The molecule has 0 aliphatic carbocycles. The molecule has 0 saturated heterocycles. The van der Waals surface area contributed by atoms with Crippen molar-refractivity contribution in [1.82, 2.24) is 5.32 Å². The third-order valence-corrected chi connectivity index (χ3v) is 4.07. The maximum atomic E-state index is 12.4. The van der Waals surface area contributed by atoms with Crippen LogP contribution in [0.1, 0.15) is 32.8 Å². The van der Waals surface area contributed by atoms with Crippen LogP contribution in [-0.2, 0) is 6.54 Å². The zero-order valence-corrected chi connectivity index (χ0v) is 13.1. The summed E-state index contributed by atoms with van der Waals surface area (Å²) < 4.78 is 5.80. The molecule has 1 N–H and O–H groups in total. The molecule has 0 bridgehead atoms. The van der Waals surface area contributed by atoms with E-state index in [1.54, 1.807) is 0 Å². The van der Waals surface area contributed by atoms with E-state index in [1.807, 2.05) is 63.2 Å². The van der Waals surface area contributed by atoms with Crippen molar-refractivity contribution < 1.29 is 9.21 Å². The Morgan fingerprint density at radius 3 is 2.45 bits per heavy atom. The molecule has 3 heteroatoms. The van der Waals surface area contributed by atoms with E-state index in [0.29, 0.717) is 12.3 Å². The largest absolute Gasteiger partial charge is 0.450 e. The van der Waals surface area contributed by atoms with Crippen molar-refractivity contribution >= 4 is 16.9 Å². The summed E-state index contributed by atoms with van der Waals surface area (Å²) in [6, 6.07) is 14.0. The number of hydrogen-bond acceptors (Lipinski definition) is 2. The third-order valence-electron chi connectivity index (χ3n) is 4.07. The van der Waals surface area contributed by atoms with Crippen LogP contribution in [0.2, 0.25) is 0 Å². The van der Waals surface area contributed by atoms with Gasteiger partial charge in [0.25, 0.3) is 5.91 Å². The summed E-state index contributed by atoms with van der Waals surface area (Å²) in [5.41, 5.74) is 5.00. The van der Waals surface area contributed by atoms with Crippen molar-refractivity contribution in [2.45, 2.75) is 27.3 Å². The van der Waals surface area contributed by atoms with Gasteiger partial charge in [-0.3, -0.25) is 4.79 Å². The van der Waals surface area contributed by atoms with Crippen LogP contribution >= 0.6 is 0 Å². The molecule has 3 rings (SSSR count). The first-order valence-electron chi connectivity index (χ1n) is 7.39. The number of carbonyl (C=O) groups is 1. The first-order chi connectivity index (χ1) is 10.6. The minimum Gasteiger partial charge on any atom is -0.450 e. The van der Waals surface area contributed by atoms with Crippen LogP contribution in [0.5, 0.6) is 0 Å². The summed E-state index contributed by atoms with van der Waals surface area (Å²) in [7, 11) is 0. The molecule has 0 fully saturated rings. The van der Waals surface area contributed by atoms with Crippen molar-refractivity contribution in [3.63, 3.8) is 0 Å². The topological polar surface area (TPSA) is 42.2 Å². The van der Waals surface area contributed by atoms with Gasteiger partial charge in [0, 0.05) is 17.5 Å². The van der Waals surface area contributed by atoms with Gasteiger partial charge in [-0.1, -0.05) is 42.5 Å². The van der Waals surface area contributed by atoms with Gasteiger partial charge < -0.3 is 9.73 Å². The van der Waals surface area contributed by atoms with E-state index in [4.69, 9.17) is 4.42 Å². The van der Waals surface area contributed by atoms with Crippen LogP contribution in [0.3, 0.4) is 0 Å². The molecular weight excluding hydrogens is 274 g/mol. The predicted molar refractivity (Wildman–Crippen MR) is 88.0 cm³/mol. The molecule has 0 aliphatic rings. The van der Waals surface area contributed by atoms with Gasteiger partial charge >= 0.3 is 0 Å². The van der Waals surface area contributed by atoms with E-state index >= 15 is 0 Å². The van der Waals surface area contributed by atoms with Gasteiger partial charge in [-0.2, -0.15) is 0 Å². The molecule has 3 aromatic rings. The zero-order chi connectivity index (χ0) is 15.7. The Kier molecular flexibility index (Phi) is 3.72. The summed E-state index contributed by atoms with van der Waals surface area (Å²) in [6.45, 7) is 6.45. The number of carbonyl (C=O) groups excluding carboxylic acids is 1. The number of furan rings is 1. The van der Waals surface area contributed by atoms with E-state index in [0.717, 1.165) is 27.7 Å². The Bertz CT molecular complexity index is 846. The standard InChI is InChI=1S/C19H19NO2/c1-12-7-4-5-9-15(12)11-20-19(21)18-14(3)16-10-6-8-13(2)17(16)22-18/h4-10H,11H2,1-3H3,(H,20,21). The second-order valence-electron chi connectivity index (χ2n) is 5.62. The number of benzene rings is 2. The molecule has 0 unspecified atom stereocenters. The number of rotatable bonds is 3. The van der Waals surface area contributed by atoms with E-state index in [1.165, 1.54) is 5.56 Å². The fourth-order valence-electron chi connectivity index (χ4n) is 2.67. The van der Waals surface area contributed by atoms with E-state index < -0.39 is 0 Å². The first-order valence-corrected chi connectivity index (χ1v) is 7.39. The fraction of sp³-hybridized carbons (Fsp3) is 0.211. The van der Waals surface area contributed by atoms with Gasteiger partial charge in [-0.05, 0) is 37.5 Å². The fourth-order valence-corrected chi connectivity index (χ4v) is 2.67. The maximum absolute atomic E-state index is 12.4. The lowest BCUT2D eigenvalue weighted by molar-refractivity contribution is 0.0924. The Hall–Kier alpha value is -2.55. The summed E-state index contributed by atoms with van der Waals surface area (Å²) in [6.07, 6.45) is 0. The number of nitrogens with one attached hydrogen (secondary N) is 1. The number of amides is 1. The second kappa shape index (κ2) is 5.68. The average Bonchev–Trinajstić information content (AvgIpc) is 2.85. The lowest BCUT2D eigenvalue weighted by atomic mass is 10.1. The van der Waals surface area contributed by atoms with E-state index in [-0.39, 0.29) is 5.91 Å². The van der Waals surface area contributed by atoms with Crippen LogP contribution < -0.4 is 5.32 Å². The highest BCUT2D eigenvalue weighted by Gasteiger charge is 2.18. The molecule has 22 heavy (non-hydrogen) atoms. The first kappa shape index (κ1) is 14.4. The average molecular weight is 293 g/mol. The van der Waals surface area contributed by atoms with Crippen LogP contribution in [0.15, 0.2) is 46.9 Å². The van der Waals surface area contributed by atoms with Gasteiger partial charge in [0.05, 0.1) is 0 Å². The molecule has 1 aromatic heterocycles. The van der Waals surface area contributed by atoms with Gasteiger partial charge in [-0.15, -0.1) is 0 Å². The van der Waals surface area contributed by atoms with Crippen molar-refractivity contribution in [2.75, 3.05) is 0 Å². The SMILES string of the molecule is Cc1ccccc1CNC(=O)c1oc2c(C)cccc2c1C. The summed E-state index contributed by atoms with van der Waals surface area (Å²) in [5, 5.41) is 3.95. The van der Waals surface area contributed by atoms with Crippen molar-refractivity contribution in [1.29, 1.82) is 0 Å². The van der Waals surface area contributed by atoms with Gasteiger partial charge in [0.1, 0.15) is 5.58 Å². The summed E-state index contributed by atoms with van der Waals surface area (Å²) in [4.78, 5) is 12.4. The Labute approximate surface area is 130 Å². The molecule has 1 heterocycles. The van der Waals surface area contributed by atoms with Gasteiger partial charge in [0.15, 0.2) is 5.76 Å². The van der Waals surface area contributed by atoms with Gasteiger partial charge in [0.2, 0.25) is 0 Å². The quantitative estimate of drug-likeness (QED) is 0.782. The molecule has 0 saturated carbocycles. The Morgan fingerprint density at radius 2 is 1.73 bits per heavy atom. The number of hydrogen-bond donors (Lipinski definition) is 1. The predicted octanol–water partition coefficient (Wildman–Crippen LogP) is 4.29. The van der Waals surface area contributed by atoms with Crippen molar-refractivity contribution in [2.24, 2.45) is 0 Å². The van der Waals surface area contributed by atoms with Crippen LogP contribution in [0, 0.1) is 20.8 Å². The minimum absolute atomic E-state index is 0.170. The Morgan fingerprint density at radius 1 is 1.00 bits per heavy atom. The molecule has 0 aliphatic heterocycles. The highest BCUT2D eigenvalue weighted by molar-refractivity contribution is 5.99. The molecule has 112 valence electrons. The third kappa shape index (κ3) is 2.50. The lowest BCUT2D eigenvalue weighted by Gasteiger charge is -2.06. The lowest BCUT2D eigenvalue weighted by Crippen LogP contribution is -2.23. The van der Waals surface area contributed by atoms with Gasteiger partial charge in [-0.25, -0.2) is 0 Å². The van der Waals surface area contributed by atoms with Crippen LogP contribution in [-0.4, -0.2) is 5.91 Å². The number of aryl methyl sites for hydroxylation is 3. The molecular formula is C19H19NO2. The molecule has 3 nitrogen and oxygen atoms in total.